The van der Waals surface area contributed by atoms with Crippen molar-refractivity contribution >= 4 is 5.91 Å². The lowest BCUT2D eigenvalue weighted by Gasteiger charge is -2.38. The zero-order chi connectivity index (χ0) is 13.1. The van der Waals surface area contributed by atoms with Crippen molar-refractivity contribution in [3.8, 4) is 0 Å². The Bertz CT molecular complexity index is 286. The molecule has 2 fully saturated rings. The molecule has 1 saturated carbocycles. The van der Waals surface area contributed by atoms with E-state index in [1.165, 1.54) is 12.8 Å². The van der Waals surface area contributed by atoms with Gasteiger partial charge in [0.05, 0.1) is 18.1 Å². The molecule has 0 spiro atoms. The first-order chi connectivity index (χ1) is 8.58. The SMILES string of the molecule is C[C@@H]1CN(C(=O)C2CCCCCC2N)C[C@H](C)O1. The highest BCUT2D eigenvalue weighted by Crippen LogP contribution is 2.25. The number of nitrogens with two attached hydrogens (primary N) is 1. The maximum absolute atomic E-state index is 12.6. The highest BCUT2D eigenvalue weighted by atomic mass is 16.5. The summed E-state index contributed by atoms with van der Waals surface area (Å²) in [6.07, 6.45) is 5.75. The average Bonchev–Trinajstić information content (AvgIpc) is 2.51. The number of hydrogen-bond acceptors (Lipinski definition) is 3. The Hall–Kier alpha value is -0.610. The van der Waals surface area contributed by atoms with E-state index in [1.807, 2.05) is 18.7 Å². The third kappa shape index (κ3) is 3.23. The largest absolute Gasteiger partial charge is 0.372 e. The van der Waals surface area contributed by atoms with Crippen molar-refractivity contribution in [3.05, 3.63) is 0 Å². The summed E-state index contributed by atoms with van der Waals surface area (Å²) in [5.41, 5.74) is 6.18. The summed E-state index contributed by atoms with van der Waals surface area (Å²) >= 11 is 0. The molecule has 2 unspecified atom stereocenters. The lowest BCUT2D eigenvalue weighted by atomic mass is 9.93. The van der Waals surface area contributed by atoms with E-state index in [1.54, 1.807) is 0 Å². The highest BCUT2D eigenvalue weighted by molar-refractivity contribution is 5.79. The van der Waals surface area contributed by atoms with Crippen LogP contribution in [0.25, 0.3) is 0 Å². The second kappa shape index (κ2) is 6.02. The Morgan fingerprint density at radius 1 is 1.11 bits per heavy atom. The Labute approximate surface area is 110 Å². The molecular weight excluding hydrogens is 228 g/mol. The molecule has 2 N–H and O–H groups in total. The Balaban J connectivity index is 2.00. The predicted octanol–water partition coefficient (Wildman–Crippen LogP) is 1.53. The van der Waals surface area contributed by atoms with Crippen molar-refractivity contribution in [3.63, 3.8) is 0 Å². The van der Waals surface area contributed by atoms with Crippen LogP contribution in [0.5, 0.6) is 0 Å². The van der Waals surface area contributed by atoms with Crippen LogP contribution >= 0.6 is 0 Å². The van der Waals surface area contributed by atoms with Gasteiger partial charge in [0.25, 0.3) is 0 Å². The molecular formula is C14H26N2O2. The van der Waals surface area contributed by atoms with E-state index < -0.39 is 0 Å². The van der Waals surface area contributed by atoms with Crippen molar-refractivity contribution < 1.29 is 9.53 Å². The summed E-state index contributed by atoms with van der Waals surface area (Å²) in [7, 11) is 0. The minimum atomic E-state index is 0.0324. The molecule has 4 atom stereocenters. The number of nitrogens with zero attached hydrogens (tertiary/aromatic N) is 1. The molecule has 0 aromatic rings. The number of rotatable bonds is 1. The van der Waals surface area contributed by atoms with E-state index >= 15 is 0 Å². The molecule has 1 amide bonds. The van der Waals surface area contributed by atoms with E-state index in [-0.39, 0.29) is 30.1 Å². The molecule has 0 bridgehead atoms. The van der Waals surface area contributed by atoms with Gasteiger partial charge in [0.1, 0.15) is 0 Å². The maximum Gasteiger partial charge on any atom is 0.227 e. The first kappa shape index (κ1) is 13.8. The van der Waals surface area contributed by atoms with E-state index in [4.69, 9.17) is 10.5 Å². The van der Waals surface area contributed by atoms with Crippen LogP contribution in [0.2, 0.25) is 0 Å². The minimum absolute atomic E-state index is 0.0324. The molecule has 2 aliphatic rings. The molecule has 0 aromatic carbocycles. The topological polar surface area (TPSA) is 55.6 Å². The van der Waals surface area contributed by atoms with Crippen molar-refractivity contribution in [2.24, 2.45) is 11.7 Å². The van der Waals surface area contributed by atoms with Crippen LogP contribution in [0.4, 0.5) is 0 Å². The first-order valence-corrected chi connectivity index (χ1v) is 7.27. The molecule has 4 nitrogen and oxygen atoms in total. The van der Waals surface area contributed by atoms with E-state index in [0.29, 0.717) is 13.1 Å². The monoisotopic (exact) mass is 254 g/mol. The summed E-state index contributed by atoms with van der Waals surface area (Å²) in [6, 6.07) is 0.0495. The summed E-state index contributed by atoms with van der Waals surface area (Å²) < 4.78 is 5.68. The van der Waals surface area contributed by atoms with E-state index in [2.05, 4.69) is 0 Å². The van der Waals surface area contributed by atoms with Gasteiger partial charge in [-0.05, 0) is 26.7 Å². The van der Waals surface area contributed by atoms with Gasteiger partial charge in [-0.2, -0.15) is 0 Å². The number of morpholine rings is 1. The molecule has 1 saturated heterocycles. The lowest BCUT2D eigenvalue weighted by Crippen LogP contribution is -2.52. The van der Waals surface area contributed by atoms with Gasteiger partial charge in [-0.1, -0.05) is 19.3 Å². The number of amides is 1. The van der Waals surface area contributed by atoms with Crippen molar-refractivity contribution in [1.82, 2.24) is 4.90 Å². The molecule has 0 aromatic heterocycles. The standard InChI is InChI=1S/C14H26N2O2/c1-10-8-16(9-11(2)18-10)14(17)12-6-4-3-5-7-13(12)15/h10-13H,3-9,15H2,1-2H3/t10-,11+,12?,13?. The zero-order valence-corrected chi connectivity index (χ0v) is 11.6. The summed E-state index contributed by atoms with van der Waals surface area (Å²) in [4.78, 5) is 14.6. The summed E-state index contributed by atoms with van der Waals surface area (Å²) in [5, 5.41) is 0. The number of carbonyl (C=O) groups excluding carboxylic acids is 1. The van der Waals surface area contributed by atoms with Crippen LogP contribution in [-0.4, -0.2) is 42.1 Å². The van der Waals surface area contributed by atoms with Crippen LogP contribution in [-0.2, 0) is 9.53 Å². The Kier molecular flexibility index (Phi) is 4.62. The maximum atomic E-state index is 12.6. The Morgan fingerprint density at radius 2 is 1.72 bits per heavy atom. The summed E-state index contributed by atoms with van der Waals surface area (Å²) in [5.74, 6) is 0.288. The average molecular weight is 254 g/mol. The third-order valence-corrected chi connectivity index (χ3v) is 4.12. The van der Waals surface area contributed by atoms with Crippen molar-refractivity contribution in [2.45, 2.75) is 64.2 Å². The number of carbonyl (C=O) groups is 1. The first-order valence-electron chi connectivity index (χ1n) is 7.27. The summed E-state index contributed by atoms with van der Waals surface area (Å²) in [6.45, 7) is 5.49. The van der Waals surface area contributed by atoms with Gasteiger partial charge < -0.3 is 15.4 Å². The third-order valence-electron chi connectivity index (χ3n) is 4.12. The zero-order valence-electron chi connectivity index (χ0n) is 11.6. The predicted molar refractivity (Wildman–Crippen MR) is 71.1 cm³/mol. The van der Waals surface area contributed by atoms with E-state index in [0.717, 1.165) is 19.3 Å². The molecule has 1 aliphatic heterocycles. The van der Waals surface area contributed by atoms with Gasteiger partial charge in [-0.3, -0.25) is 4.79 Å². The van der Waals surface area contributed by atoms with Gasteiger partial charge in [-0.25, -0.2) is 0 Å². The molecule has 0 radical (unpaired) electrons. The normalized spacial score (nSPS) is 38.3. The van der Waals surface area contributed by atoms with E-state index in [9.17, 15) is 4.79 Å². The number of ether oxygens (including phenoxy) is 1. The van der Waals surface area contributed by atoms with Crippen LogP contribution in [0.1, 0.15) is 46.0 Å². The smallest absolute Gasteiger partial charge is 0.227 e. The van der Waals surface area contributed by atoms with Gasteiger partial charge in [0.15, 0.2) is 0 Å². The number of hydrogen-bond donors (Lipinski definition) is 1. The van der Waals surface area contributed by atoms with Crippen molar-refractivity contribution in [2.75, 3.05) is 13.1 Å². The van der Waals surface area contributed by atoms with Crippen LogP contribution in [0.3, 0.4) is 0 Å². The van der Waals surface area contributed by atoms with Gasteiger partial charge in [-0.15, -0.1) is 0 Å². The molecule has 1 heterocycles. The fourth-order valence-corrected chi connectivity index (χ4v) is 3.24. The molecule has 2 rings (SSSR count). The molecule has 4 heteroatoms. The molecule has 18 heavy (non-hydrogen) atoms. The molecule has 1 aliphatic carbocycles. The minimum Gasteiger partial charge on any atom is -0.372 e. The second-order valence-corrected chi connectivity index (χ2v) is 5.91. The van der Waals surface area contributed by atoms with Crippen LogP contribution < -0.4 is 5.73 Å². The van der Waals surface area contributed by atoms with Crippen LogP contribution in [0, 0.1) is 5.92 Å². The quantitative estimate of drug-likeness (QED) is 0.722. The van der Waals surface area contributed by atoms with Gasteiger partial charge in [0, 0.05) is 19.1 Å². The van der Waals surface area contributed by atoms with Gasteiger partial charge in [0.2, 0.25) is 5.91 Å². The van der Waals surface area contributed by atoms with Crippen molar-refractivity contribution in [1.29, 1.82) is 0 Å². The fourth-order valence-electron chi connectivity index (χ4n) is 3.24. The highest BCUT2D eigenvalue weighted by Gasteiger charge is 2.33. The van der Waals surface area contributed by atoms with Crippen LogP contribution in [0.15, 0.2) is 0 Å². The second-order valence-electron chi connectivity index (χ2n) is 5.91. The molecule has 104 valence electrons. The fraction of sp³-hybridized carbons (Fsp3) is 0.929. The van der Waals surface area contributed by atoms with Gasteiger partial charge >= 0.3 is 0 Å². The Morgan fingerprint density at radius 3 is 2.39 bits per heavy atom. The lowest BCUT2D eigenvalue weighted by molar-refractivity contribution is -0.148.